The van der Waals surface area contributed by atoms with Gasteiger partial charge in [-0.25, -0.2) is 0 Å². The SMILES string of the molecule is CCNCc1cnc(C)cc1N1CCSC(C)C1. The third-order valence-electron chi connectivity index (χ3n) is 3.25. The van der Waals surface area contributed by atoms with E-state index in [2.05, 4.69) is 53.8 Å². The molecule has 18 heavy (non-hydrogen) atoms. The van der Waals surface area contributed by atoms with E-state index in [0.717, 1.165) is 37.1 Å². The number of hydrogen-bond acceptors (Lipinski definition) is 4. The molecule has 0 amide bonds. The molecule has 0 aromatic carbocycles. The molecule has 0 saturated carbocycles. The molecule has 1 saturated heterocycles. The normalized spacial score (nSPS) is 20.2. The van der Waals surface area contributed by atoms with E-state index in [1.807, 2.05) is 6.20 Å². The van der Waals surface area contributed by atoms with Gasteiger partial charge in [0.1, 0.15) is 0 Å². The van der Waals surface area contributed by atoms with E-state index in [-0.39, 0.29) is 0 Å². The number of thioether (sulfide) groups is 1. The Hall–Kier alpha value is -0.740. The second-order valence-corrected chi connectivity index (χ2v) is 6.41. The van der Waals surface area contributed by atoms with Crippen molar-refractivity contribution in [3.8, 4) is 0 Å². The Morgan fingerprint density at radius 1 is 1.56 bits per heavy atom. The van der Waals surface area contributed by atoms with Gasteiger partial charge in [-0.1, -0.05) is 13.8 Å². The van der Waals surface area contributed by atoms with Gasteiger partial charge in [-0.3, -0.25) is 4.98 Å². The Bertz CT molecular complexity index is 395. The second-order valence-electron chi connectivity index (χ2n) is 4.86. The lowest BCUT2D eigenvalue weighted by atomic mass is 10.1. The standard InChI is InChI=1S/C14H23N3S/c1-4-15-8-13-9-16-11(2)7-14(13)17-5-6-18-12(3)10-17/h7,9,12,15H,4-6,8,10H2,1-3H3. The van der Waals surface area contributed by atoms with Gasteiger partial charge in [0.2, 0.25) is 0 Å². The molecule has 1 N–H and O–H groups in total. The van der Waals surface area contributed by atoms with Crippen LogP contribution in [0.15, 0.2) is 12.3 Å². The molecule has 3 nitrogen and oxygen atoms in total. The van der Waals surface area contributed by atoms with Gasteiger partial charge in [-0.05, 0) is 19.5 Å². The van der Waals surface area contributed by atoms with Gasteiger partial charge >= 0.3 is 0 Å². The first-order chi connectivity index (χ1) is 8.70. The van der Waals surface area contributed by atoms with Gasteiger partial charge in [0, 0.05) is 53.8 Å². The number of rotatable bonds is 4. The Morgan fingerprint density at radius 3 is 3.11 bits per heavy atom. The second kappa shape index (κ2) is 6.43. The van der Waals surface area contributed by atoms with E-state index in [9.17, 15) is 0 Å². The monoisotopic (exact) mass is 265 g/mol. The fourth-order valence-electron chi connectivity index (χ4n) is 2.30. The van der Waals surface area contributed by atoms with Crippen LogP contribution in [0.5, 0.6) is 0 Å². The van der Waals surface area contributed by atoms with Gasteiger partial charge in [-0.2, -0.15) is 11.8 Å². The number of anilines is 1. The zero-order valence-corrected chi connectivity index (χ0v) is 12.4. The summed E-state index contributed by atoms with van der Waals surface area (Å²) >= 11 is 2.07. The summed E-state index contributed by atoms with van der Waals surface area (Å²) < 4.78 is 0. The highest BCUT2D eigenvalue weighted by Gasteiger charge is 2.19. The van der Waals surface area contributed by atoms with E-state index in [0.29, 0.717) is 0 Å². The minimum absolute atomic E-state index is 0.721. The summed E-state index contributed by atoms with van der Waals surface area (Å²) in [5, 5.41) is 4.12. The van der Waals surface area contributed by atoms with Crippen LogP contribution >= 0.6 is 11.8 Å². The van der Waals surface area contributed by atoms with Crippen LogP contribution in [-0.4, -0.2) is 35.6 Å². The maximum absolute atomic E-state index is 4.43. The smallest absolute Gasteiger partial charge is 0.0446 e. The first kappa shape index (κ1) is 13.7. The van der Waals surface area contributed by atoms with Crippen molar-refractivity contribution >= 4 is 17.4 Å². The molecule has 1 aromatic rings. The van der Waals surface area contributed by atoms with Crippen LogP contribution in [0, 0.1) is 6.92 Å². The summed E-state index contributed by atoms with van der Waals surface area (Å²) in [6.07, 6.45) is 2.03. The predicted molar refractivity (Wildman–Crippen MR) is 80.5 cm³/mol. The van der Waals surface area contributed by atoms with Crippen LogP contribution in [0.3, 0.4) is 0 Å². The van der Waals surface area contributed by atoms with Crippen molar-refractivity contribution in [2.45, 2.75) is 32.6 Å². The molecule has 1 fully saturated rings. The Balaban J connectivity index is 2.20. The summed E-state index contributed by atoms with van der Waals surface area (Å²) in [6.45, 7) is 10.7. The van der Waals surface area contributed by atoms with Crippen molar-refractivity contribution in [3.63, 3.8) is 0 Å². The molecule has 2 rings (SSSR count). The molecule has 0 aliphatic carbocycles. The van der Waals surface area contributed by atoms with Gasteiger partial charge < -0.3 is 10.2 Å². The van der Waals surface area contributed by atoms with E-state index >= 15 is 0 Å². The summed E-state index contributed by atoms with van der Waals surface area (Å²) in [6, 6.07) is 2.23. The number of hydrogen-bond donors (Lipinski definition) is 1. The minimum Gasteiger partial charge on any atom is -0.369 e. The lowest BCUT2D eigenvalue weighted by Crippen LogP contribution is -2.37. The molecule has 1 aromatic heterocycles. The Labute approximate surface area is 114 Å². The van der Waals surface area contributed by atoms with Crippen molar-refractivity contribution < 1.29 is 0 Å². The fraction of sp³-hybridized carbons (Fsp3) is 0.643. The molecular weight excluding hydrogens is 242 g/mol. The minimum atomic E-state index is 0.721. The molecule has 0 spiro atoms. The molecule has 1 atom stereocenters. The zero-order chi connectivity index (χ0) is 13.0. The lowest BCUT2D eigenvalue weighted by molar-refractivity contribution is 0.711. The maximum atomic E-state index is 4.43. The van der Waals surface area contributed by atoms with Crippen molar-refractivity contribution in [2.75, 3.05) is 30.3 Å². The number of aromatic nitrogens is 1. The highest BCUT2D eigenvalue weighted by atomic mass is 32.2. The average molecular weight is 265 g/mol. The molecule has 100 valence electrons. The van der Waals surface area contributed by atoms with Crippen molar-refractivity contribution in [1.29, 1.82) is 0 Å². The average Bonchev–Trinajstić information content (AvgIpc) is 2.37. The summed E-state index contributed by atoms with van der Waals surface area (Å²) in [7, 11) is 0. The molecule has 4 heteroatoms. The van der Waals surface area contributed by atoms with Gasteiger partial charge in [0.25, 0.3) is 0 Å². The highest BCUT2D eigenvalue weighted by molar-refractivity contribution is 8.00. The topological polar surface area (TPSA) is 28.2 Å². The molecular formula is C14H23N3S. The molecule has 2 heterocycles. The van der Waals surface area contributed by atoms with Crippen LogP contribution in [0.1, 0.15) is 25.1 Å². The number of nitrogens with zero attached hydrogens (tertiary/aromatic N) is 2. The van der Waals surface area contributed by atoms with Crippen molar-refractivity contribution in [3.05, 3.63) is 23.5 Å². The molecule has 1 aliphatic heterocycles. The number of pyridine rings is 1. The van der Waals surface area contributed by atoms with Crippen LogP contribution in [0.25, 0.3) is 0 Å². The maximum Gasteiger partial charge on any atom is 0.0446 e. The molecule has 0 radical (unpaired) electrons. The van der Waals surface area contributed by atoms with Gasteiger partial charge in [0.05, 0.1) is 0 Å². The van der Waals surface area contributed by atoms with Crippen molar-refractivity contribution in [1.82, 2.24) is 10.3 Å². The van der Waals surface area contributed by atoms with Crippen LogP contribution < -0.4 is 10.2 Å². The molecule has 0 bridgehead atoms. The van der Waals surface area contributed by atoms with E-state index in [1.54, 1.807) is 0 Å². The Kier molecular flexibility index (Phi) is 4.89. The number of nitrogens with one attached hydrogen (secondary N) is 1. The van der Waals surface area contributed by atoms with Crippen LogP contribution in [-0.2, 0) is 6.54 Å². The van der Waals surface area contributed by atoms with Gasteiger partial charge in [0.15, 0.2) is 0 Å². The summed E-state index contributed by atoms with van der Waals surface area (Å²) in [5.74, 6) is 1.23. The third kappa shape index (κ3) is 3.39. The molecule has 1 aliphatic rings. The van der Waals surface area contributed by atoms with Gasteiger partial charge in [-0.15, -0.1) is 0 Å². The number of aryl methyl sites for hydroxylation is 1. The predicted octanol–water partition coefficient (Wildman–Crippen LogP) is 2.44. The van der Waals surface area contributed by atoms with Crippen LogP contribution in [0.4, 0.5) is 5.69 Å². The van der Waals surface area contributed by atoms with Crippen molar-refractivity contribution in [2.24, 2.45) is 0 Å². The van der Waals surface area contributed by atoms with E-state index in [4.69, 9.17) is 0 Å². The van der Waals surface area contributed by atoms with Crippen LogP contribution in [0.2, 0.25) is 0 Å². The third-order valence-corrected chi connectivity index (χ3v) is 4.38. The highest BCUT2D eigenvalue weighted by Crippen LogP contribution is 2.27. The fourth-order valence-corrected chi connectivity index (χ4v) is 3.31. The zero-order valence-electron chi connectivity index (χ0n) is 11.6. The summed E-state index contributed by atoms with van der Waals surface area (Å²) in [4.78, 5) is 6.95. The lowest BCUT2D eigenvalue weighted by Gasteiger charge is -2.34. The molecule has 1 unspecified atom stereocenters. The summed E-state index contributed by atoms with van der Waals surface area (Å²) in [5.41, 5.74) is 3.80. The largest absolute Gasteiger partial charge is 0.369 e. The van der Waals surface area contributed by atoms with E-state index in [1.165, 1.54) is 17.0 Å². The first-order valence-corrected chi connectivity index (χ1v) is 7.78. The quantitative estimate of drug-likeness (QED) is 0.905. The Morgan fingerprint density at radius 2 is 2.39 bits per heavy atom. The van der Waals surface area contributed by atoms with E-state index < -0.39 is 0 Å². The first-order valence-electron chi connectivity index (χ1n) is 6.73.